The maximum Gasteiger partial charge on any atom is 0.0208 e. The van der Waals surface area contributed by atoms with Gasteiger partial charge < -0.3 is 5.32 Å². The van der Waals surface area contributed by atoms with Gasteiger partial charge in [0.25, 0.3) is 0 Å². The third-order valence-corrected chi connectivity index (χ3v) is 4.17. The number of fused-ring (bicyclic) bond motifs is 1. The van der Waals surface area contributed by atoms with Crippen molar-refractivity contribution in [2.75, 3.05) is 6.54 Å². The largest absolute Gasteiger partial charge is 0.312 e. The van der Waals surface area contributed by atoms with Crippen LogP contribution in [0.1, 0.15) is 33.7 Å². The molecule has 1 aliphatic rings. The minimum atomic E-state index is 0.710. The van der Waals surface area contributed by atoms with Gasteiger partial charge in [-0.15, -0.1) is 0 Å². The van der Waals surface area contributed by atoms with Gasteiger partial charge >= 0.3 is 0 Å². The lowest BCUT2D eigenvalue weighted by atomic mass is 9.77. The Balaban J connectivity index is 1.55. The van der Waals surface area contributed by atoms with Crippen LogP contribution in [0.3, 0.4) is 0 Å². The van der Waals surface area contributed by atoms with Crippen LogP contribution in [0, 0.1) is 13.8 Å². The average molecular weight is 251 g/mol. The molecule has 1 N–H and O–H groups in total. The van der Waals surface area contributed by atoms with Crippen LogP contribution in [0.5, 0.6) is 0 Å². The van der Waals surface area contributed by atoms with Crippen molar-refractivity contribution in [1.82, 2.24) is 5.32 Å². The van der Waals surface area contributed by atoms with Crippen LogP contribution >= 0.6 is 0 Å². The van der Waals surface area contributed by atoms with Crippen molar-refractivity contribution in [2.45, 2.75) is 32.7 Å². The average Bonchev–Trinajstić information content (AvgIpc) is 2.37. The van der Waals surface area contributed by atoms with Crippen molar-refractivity contribution in [2.24, 2.45) is 0 Å². The second kappa shape index (κ2) is 5.18. The van der Waals surface area contributed by atoms with E-state index < -0.39 is 0 Å². The molecule has 3 rings (SSSR count). The van der Waals surface area contributed by atoms with Gasteiger partial charge in [0.05, 0.1) is 0 Å². The standard InChI is InChI=1S/C18H21N/c1-13-7-8-16(14(2)9-13)11-19-12-17-10-15-5-3-4-6-18(15)17/h3-9,17,19H,10-12H2,1-2H3. The summed E-state index contributed by atoms with van der Waals surface area (Å²) >= 11 is 0. The monoisotopic (exact) mass is 251 g/mol. The molecule has 98 valence electrons. The smallest absolute Gasteiger partial charge is 0.0208 e. The molecule has 0 aliphatic heterocycles. The van der Waals surface area contributed by atoms with Gasteiger partial charge in [-0.25, -0.2) is 0 Å². The van der Waals surface area contributed by atoms with E-state index >= 15 is 0 Å². The van der Waals surface area contributed by atoms with Crippen molar-refractivity contribution >= 4 is 0 Å². The molecule has 2 aromatic rings. The van der Waals surface area contributed by atoms with Gasteiger partial charge in [0.1, 0.15) is 0 Å². The fourth-order valence-electron chi connectivity index (χ4n) is 2.97. The summed E-state index contributed by atoms with van der Waals surface area (Å²) < 4.78 is 0. The lowest BCUT2D eigenvalue weighted by molar-refractivity contribution is 0.535. The highest BCUT2D eigenvalue weighted by Gasteiger charge is 2.24. The fraction of sp³-hybridized carbons (Fsp3) is 0.333. The molecule has 1 unspecified atom stereocenters. The molecule has 1 heteroatoms. The number of hydrogen-bond donors (Lipinski definition) is 1. The minimum Gasteiger partial charge on any atom is -0.312 e. The molecule has 1 atom stereocenters. The molecule has 0 fully saturated rings. The van der Waals surface area contributed by atoms with Crippen LogP contribution in [0.2, 0.25) is 0 Å². The molecule has 0 saturated carbocycles. The van der Waals surface area contributed by atoms with Gasteiger partial charge in [0, 0.05) is 19.0 Å². The van der Waals surface area contributed by atoms with E-state index in [0.717, 1.165) is 13.1 Å². The van der Waals surface area contributed by atoms with Gasteiger partial charge in [-0.3, -0.25) is 0 Å². The van der Waals surface area contributed by atoms with Crippen molar-refractivity contribution in [1.29, 1.82) is 0 Å². The van der Waals surface area contributed by atoms with E-state index in [0.29, 0.717) is 5.92 Å². The van der Waals surface area contributed by atoms with Crippen molar-refractivity contribution in [3.63, 3.8) is 0 Å². The Bertz CT molecular complexity index is 586. The Morgan fingerprint density at radius 3 is 2.74 bits per heavy atom. The number of hydrogen-bond acceptors (Lipinski definition) is 1. The van der Waals surface area contributed by atoms with Gasteiger partial charge in [0.15, 0.2) is 0 Å². The number of aryl methyl sites for hydroxylation is 2. The molecule has 19 heavy (non-hydrogen) atoms. The third-order valence-electron chi connectivity index (χ3n) is 4.17. The third kappa shape index (κ3) is 2.57. The predicted octanol–water partition coefficient (Wildman–Crippen LogP) is 3.73. The Morgan fingerprint density at radius 1 is 1.11 bits per heavy atom. The van der Waals surface area contributed by atoms with Gasteiger partial charge in [-0.05, 0) is 42.5 Å². The Hall–Kier alpha value is -1.60. The zero-order valence-corrected chi connectivity index (χ0v) is 11.7. The van der Waals surface area contributed by atoms with E-state index in [4.69, 9.17) is 0 Å². The van der Waals surface area contributed by atoms with E-state index in [-0.39, 0.29) is 0 Å². The first-order valence-electron chi connectivity index (χ1n) is 7.08. The summed E-state index contributed by atoms with van der Waals surface area (Å²) in [6.07, 6.45) is 1.23. The second-order valence-electron chi connectivity index (χ2n) is 5.66. The first kappa shape index (κ1) is 12.4. The molecule has 0 aromatic heterocycles. The van der Waals surface area contributed by atoms with Gasteiger partial charge in [-0.2, -0.15) is 0 Å². The van der Waals surface area contributed by atoms with Crippen molar-refractivity contribution in [3.05, 3.63) is 70.3 Å². The van der Waals surface area contributed by atoms with Crippen LogP contribution in [0.25, 0.3) is 0 Å². The molecule has 1 nitrogen and oxygen atoms in total. The molecule has 1 aliphatic carbocycles. The summed E-state index contributed by atoms with van der Waals surface area (Å²) in [5.74, 6) is 0.710. The van der Waals surface area contributed by atoms with Crippen LogP contribution < -0.4 is 5.32 Å². The van der Waals surface area contributed by atoms with Crippen LogP contribution in [-0.4, -0.2) is 6.54 Å². The van der Waals surface area contributed by atoms with E-state index in [9.17, 15) is 0 Å². The SMILES string of the molecule is Cc1ccc(CNCC2Cc3ccccc32)c(C)c1. The first-order chi connectivity index (χ1) is 9.24. The maximum absolute atomic E-state index is 3.60. The van der Waals surface area contributed by atoms with Crippen molar-refractivity contribution in [3.8, 4) is 0 Å². The van der Waals surface area contributed by atoms with Gasteiger partial charge in [0.2, 0.25) is 0 Å². The second-order valence-corrected chi connectivity index (χ2v) is 5.66. The highest BCUT2D eigenvalue weighted by atomic mass is 14.9. The molecular formula is C18H21N. The lowest BCUT2D eigenvalue weighted by Crippen LogP contribution is -2.28. The van der Waals surface area contributed by atoms with E-state index in [1.54, 1.807) is 0 Å². The summed E-state index contributed by atoms with van der Waals surface area (Å²) in [6.45, 7) is 6.41. The first-order valence-corrected chi connectivity index (χ1v) is 7.08. The molecule has 2 aromatic carbocycles. The molecule has 0 amide bonds. The van der Waals surface area contributed by atoms with Crippen LogP contribution in [0.15, 0.2) is 42.5 Å². The summed E-state index contributed by atoms with van der Waals surface area (Å²) in [6, 6.07) is 15.5. The zero-order chi connectivity index (χ0) is 13.2. The summed E-state index contributed by atoms with van der Waals surface area (Å²) in [4.78, 5) is 0. The zero-order valence-electron chi connectivity index (χ0n) is 11.7. The van der Waals surface area contributed by atoms with Crippen molar-refractivity contribution < 1.29 is 0 Å². The Labute approximate surface area is 115 Å². The number of rotatable bonds is 4. The molecule has 0 bridgehead atoms. The predicted molar refractivity (Wildman–Crippen MR) is 80.5 cm³/mol. The van der Waals surface area contributed by atoms with E-state index in [2.05, 4.69) is 61.6 Å². The normalized spacial score (nSPS) is 16.8. The van der Waals surface area contributed by atoms with Crippen LogP contribution in [0.4, 0.5) is 0 Å². The highest BCUT2D eigenvalue weighted by molar-refractivity contribution is 5.40. The fourth-order valence-corrected chi connectivity index (χ4v) is 2.97. The number of benzene rings is 2. The Morgan fingerprint density at radius 2 is 1.95 bits per heavy atom. The minimum absolute atomic E-state index is 0.710. The summed E-state index contributed by atoms with van der Waals surface area (Å²) in [7, 11) is 0. The van der Waals surface area contributed by atoms with Crippen LogP contribution in [-0.2, 0) is 13.0 Å². The molecule has 0 saturated heterocycles. The lowest BCUT2D eigenvalue weighted by Gasteiger charge is -2.30. The van der Waals surface area contributed by atoms with Gasteiger partial charge in [-0.1, -0.05) is 48.0 Å². The quantitative estimate of drug-likeness (QED) is 0.873. The molecule has 0 heterocycles. The number of nitrogens with one attached hydrogen (secondary N) is 1. The molecule has 0 radical (unpaired) electrons. The maximum atomic E-state index is 3.60. The van der Waals surface area contributed by atoms with E-state index in [1.807, 2.05) is 0 Å². The molecular weight excluding hydrogens is 230 g/mol. The topological polar surface area (TPSA) is 12.0 Å². The molecule has 0 spiro atoms. The summed E-state index contributed by atoms with van der Waals surface area (Å²) in [5, 5.41) is 3.60. The van der Waals surface area contributed by atoms with E-state index in [1.165, 1.54) is 34.2 Å². The Kier molecular flexibility index (Phi) is 3.39. The summed E-state index contributed by atoms with van der Waals surface area (Å²) in [5.41, 5.74) is 7.21. The highest BCUT2D eigenvalue weighted by Crippen LogP contribution is 2.34.